The van der Waals surface area contributed by atoms with Gasteiger partial charge in [0.05, 0.1) is 18.1 Å². The van der Waals surface area contributed by atoms with Crippen LogP contribution in [0.4, 0.5) is 8.78 Å². The van der Waals surface area contributed by atoms with E-state index in [9.17, 15) is 13.6 Å². The summed E-state index contributed by atoms with van der Waals surface area (Å²) in [5.41, 5.74) is 6.95. The Morgan fingerprint density at radius 2 is 2.04 bits per heavy atom. The third-order valence-electron chi connectivity index (χ3n) is 3.63. The molecule has 0 radical (unpaired) electrons. The summed E-state index contributed by atoms with van der Waals surface area (Å²) in [7, 11) is 0. The van der Waals surface area contributed by atoms with Crippen LogP contribution >= 0.6 is 11.6 Å². The lowest BCUT2D eigenvalue weighted by atomic mass is 9.95. The molecular weight excluding hydrogens is 336 g/mol. The van der Waals surface area contributed by atoms with E-state index in [4.69, 9.17) is 22.1 Å². The largest absolute Gasteiger partial charge is 0.466 e. The van der Waals surface area contributed by atoms with Crippen LogP contribution < -0.4 is 5.73 Å². The lowest BCUT2D eigenvalue weighted by molar-refractivity contribution is -0.143. The van der Waals surface area contributed by atoms with Gasteiger partial charge in [0, 0.05) is 17.2 Å². The molecule has 0 aliphatic heterocycles. The Hall–Kier alpha value is -1.98. The van der Waals surface area contributed by atoms with E-state index in [0.717, 1.165) is 0 Å². The van der Waals surface area contributed by atoms with Crippen molar-refractivity contribution in [1.82, 2.24) is 0 Å². The molecule has 0 saturated carbocycles. The molecule has 2 N–H and O–H groups in total. The number of ether oxygens (including phenoxy) is 1. The number of carbonyl (C=O) groups is 1. The quantitative estimate of drug-likeness (QED) is 0.802. The first-order valence-corrected chi connectivity index (χ1v) is 7.88. The van der Waals surface area contributed by atoms with Crippen molar-refractivity contribution in [3.05, 3.63) is 58.1 Å². The van der Waals surface area contributed by atoms with Crippen LogP contribution in [0.2, 0.25) is 5.02 Å². The van der Waals surface area contributed by atoms with Gasteiger partial charge in [-0.25, -0.2) is 8.78 Å². The van der Waals surface area contributed by atoms with Crippen molar-refractivity contribution in [2.45, 2.75) is 26.3 Å². The van der Waals surface area contributed by atoms with Crippen LogP contribution in [0.3, 0.4) is 0 Å². The molecule has 0 amide bonds. The summed E-state index contributed by atoms with van der Waals surface area (Å²) in [4.78, 5) is 11.6. The summed E-state index contributed by atoms with van der Waals surface area (Å²) >= 11 is 6.07. The smallest absolute Gasteiger partial charge is 0.307 e. The van der Waals surface area contributed by atoms with E-state index in [-0.39, 0.29) is 29.2 Å². The number of nitrogens with two attached hydrogens (primary N) is 1. The number of halogens is 3. The van der Waals surface area contributed by atoms with Crippen molar-refractivity contribution in [3.8, 4) is 11.1 Å². The topological polar surface area (TPSA) is 52.3 Å². The number of carbonyl (C=O) groups excluding carboxylic acids is 1. The van der Waals surface area contributed by atoms with Crippen molar-refractivity contribution >= 4 is 17.6 Å². The Bertz CT molecular complexity index is 745. The van der Waals surface area contributed by atoms with Crippen LogP contribution in [-0.2, 0) is 9.53 Å². The van der Waals surface area contributed by atoms with Crippen LogP contribution in [0.25, 0.3) is 11.1 Å². The van der Waals surface area contributed by atoms with Gasteiger partial charge in [0.25, 0.3) is 0 Å². The number of hydrogen-bond acceptors (Lipinski definition) is 3. The highest BCUT2D eigenvalue weighted by atomic mass is 35.5. The van der Waals surface area contributed by atoms with Crippen LogP contribution in [0, 0.1) is 18.6 Å². The number of aryl methyl sites for hydroxylation is 1. The highest BCUT2D eigenvalue weighted by Crippen LogP contribution is 2.34. The second-order valence-corrected chi connectivity index (χ2v) is 5.82. The maximum atomic E-state index is 14.4. The molecule has 0 fully saturated rings. The van der Waals surface area contributed by atoms with Gasteiger partial charge in [-0.15, -0.1) is 0 Å². The summed E-state index contributed by atoms with van der Waals surface area (Å²) < 4.78 is 33.4. The van der Waals surface area contributed by atoms with Gasteiger partial charge >= 0.3 is 5.97 Å². The molecule has 128 valence electrons. The summed E-state index contributed by atoms with van der Waals surface area (Å²) in [6.45, 7) is 3.45. The Morgan fingerprint density at radius 3 is 2.67 bits per heavy atom. The van der Waals surface area contributed by atoms with E-state index in [1.807, 2.05) is 0 Å². The lowest BCUT2D eigenvalue weighted by Crippen LogP contribution is -2.19. The minimum atomic E-state index is -0.895. The second kappa shape index (κ2) is 7.73. The molecule has 0 spiro atoms. The molecule has 1 atom stereocenters. The van der Waals surface area contributed by atoms with Crippen LogP contribution in [0.15, 0.2) is 30.3 Å². The molecule has 24 heavy (non-hydrogen) atoms. The van der Waals surface area contributed by atoms with E-state index in [2.05, 4.69) is 0 Å². The van der Waals surface area contributed by atoms with Gasteiger partial charge in [-0.1, -0.05) is 17.7 Å². The zero-order valence-electron chi connectivity index (χ0n) is 13.4. The van der Waals surface area contributed by atoms with Crippen LogP contribution in [0.1, 0.15) is 30.5 Å². The second-order valence-electron chi connectivity index (χ2n) is 5.41. The molecule has 0 aliphatic carbocycles. The molecule has 0 saturated heterocycles. The Balaban J connectivity index is 2.47. The average molecular weight is 354 g/mol. The Morgan fingerprint density at radius 1 is 1.33 bits per heavy atom. The van der Waals surface area contributed by atoms with Crippen molar-refractivity contribution < 1.29 is 18.3 Å². The summed E-state index contributed by atoms with van der Waals surface area (Å²) in [5.74, 6) is -1.56. The lowest BCUT2D eigenvalue weighted by Gasteiger charge is -2.16. The van der Waals surface area contributed by atoms with Gasteiger partial charge in [0.1, 0.15) is 11.6 Å². The normalized spacial score (nSPS) is 12.1. The fourth-order valence-electron chi connectivity index (χ4n) is 2.49. The SMILES string of the molecule is CCOC(=O)C[C@H](N)c1cc(-c2c(F)cccc2Cl)cc(C)c1F. The highest BCUT2D eigenvalue weighted by Gasteiger charge is 2.20. The van der Waals surface area contributed by atoms with Gasteiger partial charge in [-0.2, -0.15) is 0 Å². The molecule has 2 aromatic carbocycles. The van der Waals surface area contributed by atoms with E-state index >= 15 is 0 Å². The fraction of sp³-hybridized carbons (Fsp3) is 0.278. The van der Waals surface area contributed by atoms with Crippen molar-refractivity contribution in [2.75, 3.05) is 6.61 Å². The molecule has 0 aromatic heterocycles. The van der Waals surface area contributed by atoms with Crippen LogP contribution in [-0.4, -0.2) is 12.6 Å². The average Bonchev–Trinajstić information content (AvgIpc) is 2.50. The zero-order valence-corrected chi connectivity index (χ0v) is 14.2. The molecule has 2 rings (SSSR count). The van der Waals surface area contributed by atoms with Crippen molar-refractivity contribution in [2.24, 2.45) is 5.73 Å². The van der Waals surface area contributed by atoms with E-state index in [1.165, 1.54) is 24.3 Å². The zero-order chi connectivity index (χ0) is 17.9. The minimum absolute atomic E-state index is 0.123. The van der Waals surface area contributed by atoms with E-state index in [0.29, 0.717) is 11.1 Å². The van der Waals surface area contributed by atoms with Gasteiger partial charge in [0.15, 0.2) is 0 Å². The van der Waals surface area contributed by atoms with E-state index in [1.54, 1.807) is 19.9 Å². The van der Waals surface area contributed by atoms with Gasteiger partial charge in [-0.3, -0.25) is 4.79 Å². The van der Waals surface area contributed by atoms with Crippen molar-refractivity contribution in [3.63, 3.8) is 0 Å². The Labute approximate surface area is 144 Å². The predicted octanol–water partition coefficient (Wildman–Crippen LogP) is 4.55. The first kappa shape index (κ1) is 18.4. The molecule has 0 unspecified atom stereocenters. The van der Waals surface area contributed by atoms with E-state index < -0.39 is 23.6 Å². The number of rotatable bonds is 5. The minimum Gasteiger partial charge on any atom is -0.466 e. The molecule has 6 heteroatoms. The molecule has 2 aromatic rings. The summed E-state index contributed by atoms with van der Waals surface area (Å²) in [6.07, 6.45) is -0.168. The third-order valence-corrected chi connectivity index (χ3v) is 3.94. The molecular formula is C18H18ClF2NO2. The monoisotopic (exact) mass is 353 g/mol. The highest BCUT2D eigenvalue weighted by molar-refractivity contribution is 6.33. The van der Waals surface area contributed by atoms with Gasteiger partial charge in [-0.05, 0) is 49.2 Å². The third kappa shape index (κ3) is 3.91. The molecule has 0 heterocycles. The van der Waals surface area contributed by atoms with Gasteiger partial charge in [0.2, 0.25) is 0 Å². The maximum absolute atomic E-state index is 14.4. The summed E-state index contributed by atoms with van der Waals surface area (Å²) in [5, 5.41) is 0.214. The molecule has 3 nitrogen and oxygen atoms in total. The van der Waals surface area contributed by atoms with Crippen LogP contribution in [0.5, 0.6) is 0 Å². The Kier molecular flexibility index (Phi) is 5.91. The number of hydrogen-bond donors (Lipinski definition) is 1. The molecule has 0 bridgehead atoms. The first-order chi connectivity index (χ1) is 11.3. The van der Waals surface area contributed by atoms with Gasteiger partial charge < -0.3 is 10.5 Å². The first-order valence-electron chi connectivity index (χ1n) is 7.50. The maximum Gasteiger partial charge on any atom is 0.307 e. The van der Waals surface area contributed by atoms with Crippen molar-refractivity contribution in [1.29, 1.82) is 0 Å². The number of benzene rings is 2. The predicted molar refractivity (Wildman–Crippen MR) is 89.7 cm³/mol. The number of esters is 1. The fourth-order valence-corrected chi connectivity index (χ4v) is 2.77. The standard InChI is InChI=1S/C18H18ClF2NO2/c1-3-24-16(23)9-15(22)12-8-11(7-10(2)18(12)21)17-13(19)5-4-6-14(17)20/h4-8,15H,3,9,22H2,1-2H3/t15-/m0/s1. The summed E-state index contributed by atoms with van der Waals surface area (Å²) in [6, 6.07) is 6.35. The molecule has 0 aliphatic rings.